The molecule has 1 aliphatic heterocycles. The second-order valence-electron chi connectivity index (χ2n) is 5.53. The summed E-state index contributed by atoms with van der Waals surface area (Å²) in [6.07, 6.45) is 5.47. The minimum absolute atomic E-state index is 0.368. The van der Waals surface area contributed by atoms with Crippen molar-refractivity contribution in [1.29, 1.82) is 5.26 Å². The zero-order valence-electron chi connectivity index (χ0n) is 13.4. The highest BCUT2D eigenvalue weighted by Gasteiger charge is 2.21. The van der Waals surface area contributed by atoms with Gasteiger partial charge in [-0.15, -0.1) is 4.99 Å². The number of hydrogen-bond donors (Lipinski definition) is 0. The molecule has 122 valence electrons. The molecule has 0 aliphatic carbocycles. The fourth-order valence-electron chi connectivity index (χ4n) is 2.64. The number of pyridine rings is 1. The van der Waals surface area contributed by atoms with Gasteiger partial charge in [-0.3, -0.25) is 9.88 Å². The number of aliphatic imine (C=N–C) groups is 1. The van der Waals surface area contributed by atoms with Gasteiger partial charge in [-0.25, -0.2) is 0 Å². The third kappa shape index (κ3) is 4.31. The van der Waals surface area contributed by atoms with Crippen molar-refractivity contribution >= 4 is 6.02 Å². The minimum atomic E-state index is 0.368. The second-order valence-corrected chi connectivity index (χ2v) is 5.53. The van der Waals surface area contributed by atoms with Crippen LogP contribution in [0.5, 0.6) is 5.75 Å². The highest BCUT2D eigenvalue weighted by Crippen LogP contribution is 2.13. The molecule has 3 rings (SSSR count). The molecular weight excluding hydrogens is 302 g/mol. The molecule has 24 heavy (non-hydrogen) atoms. The average molecular weight is 321 g/mol. The quantitative estimate of drug-likeness (QED) is 0.492. The number of benzene rings is 1. The van der Waals surface area contributed by atoms with Crippen LogP contribution in [-0.2, 0) is 6.54 Å². The van der Waals surface area contributed by atoms with Crippen LogP contribution in [0, 0.1) is 11.5 Å². The Morgan fingerprint density at radius 2 is 1.79 bits per heavy atom. The van der Waals surface area contributed by atoms with Crippen molar-refractivity contribution in [2.24, 2.45) is 4.99 Å². The van der Waals surface area contributed by atoms with Gasteiger partial charge >= 0.3 is 6.02 Å². The van der Waals surface area contributed by atoms with Gasteiger partial charge in [0.25, 0.3) is 0 Å². The lowest BCUT2D eigenvalue weighted by molar-refractivity contribution is 0.162. The molecule has 1 fully saturated rings. The maximum absolute atomic E-state index is 8.93. The number of aromatic nitrogens is 1. The molecule has 2 heterocycles. The van der Waals surface area contributed by atoms with Crippen LogP contribution in [0.25, 0.3) is 0 Å². The van der Waals surface area contributed by atoms with Crippen molar-refractivity contribution in [3.05, 3.63) is 60.4 Å². The first kappa shape index (κ1) is 16.0. The summed E-state index contributed by atoms with van der Waals surface area (Å²) in [7, 11) is 0. The first-order valence-electron chi connectivity index (χ1n) is 7.91. The summed E-state index contributed by atoms with van der Waals surface area (Å²) in [5.74, 6) is 0.686. The van der Waals surface area contributed by atoms with E-state index >= 15 is 0 Å². The zero-order valence-corrected chi connectivity index (χ0v) is 13.4. The largest absolute Gasteiger partial charge is 0.425 e. The van der Waals surface area contributed by atoms with Crippen LogP contribution in [0.1, 0.15) is 5.56 Å². The number of ether oxygens (including phenoxy) is 1. The number of nitrogens with zero attached hydrogens (tertiary/aromatic N) is 5. The second kappa shape index (κ2) is 8.09. The Morgan fingerprint density at radius 3 is 2.46 bits per heavy atom. The van der Waals surface area contributed by atoms with Gasteiger partial charge in [0.15, 0.2) is 0 Å². The first-order valence-corrected chi connectivity index (χ1v) is 7.91. The van der Waals surface area contributed by atoms with Gasteiger partial charge in [-0.1, -0.05) is 18.2 Å². The van der Waals surface area contributed by atoms with Gasteiger partial charge < -0.3 is 9.64 Å². The van der Waals surface area contributed by atoms with Crippen LogP contribution in [0.4, 0.5) is 0 Å². The van der Waals surface area contributed by atoms with E-state index in [1.54, 1.807) is 0 Å². The van der Waals surface area contributed by atoms with E-state index in [-0.39, 0.29) is 0 Å². The number of para-hydroxylation sites is 1. The summed E-state index contributed by atoms with van der Waals surface area (Å²) in [4.78, 5) is 12.3. The van der Waals surface area contributed by atoms with Crippen molar-refractivity contribution in [3.8, 4) is 11.9 Å². The molecule has 0 bridgehead atoms. The van der Waals surface area contributed by atoms with Crippen LogP contribution in [0.15, 0.2) is 59.9 Å². The molecule has 0 spiro atoms. The van der Waals surface area contributed by atoms with Crippen molar-refractivity contribution < 1.29 is 4.74 Å². The van der Waals surface area contributed by atoms with Gasteiger partial charge in [-0.2, -0.15) is 5.26 Å². The van der Waals surface area contributed by atoms with Gasteiger partial charge in [0, 0.05) is 45.1 Å². The van der Waals surface area contributed by atoms with Crippen molar-refractivity contribution in [1.82, 2.24) is 14.8 Å². The van der Waals surface area contributed by atoms with Crippen LogP contribution < -0.4 is 4.74 Å². The van der Waals surface area contributed by atoms with E-state index in [2.05, 4.69) is 14.9 Å². The maximum Gasteiger partial charge on any atom is 0.308 e. The smallest absolute Gasteiger partial charge is 0.308 e. The fraction of sp³-hybridized carbons (Fsp3) is 0.278. The number of piperazine rings is 1. The molecular formula is C18H19N5O. The fourth-order valence-corrected chi connectivity index (χ4v) is 2.64. The molecule has 1 aromatic carbocycles. The summed E-state index contributed by atoms with van der Waals surface area (Å²) in [5, 5.41) is 8.93. The van der Waals surface area contributed by atoms with E-state index in [0.29, 0.717) is 11.8 Å². The lowest BCUT2D eigenvalue weighted by Crippen LogP contribution is -2.49. The molecule has 0 saturated carbocycles. The topological polar surface area (TPSA) is 64.8 Å². The van der Waals surface area contributed by atoms with E-state index in [4.69, 9.17) is 10.00 Å². The lowest BCUT2D eigenvalue weighted by Gasteiger charge is -2.35. The molecule has 6 heteroatoms. The molecule has 0 N–H and O–H groups in total. The standard InChI is InChI=1S/C18H19N5O/c19-15-21-18(24-17-4-2-1-3-5-17)23-12-10-22(11-13-23)14-16-6-8-20-9-7-16/h1-9H,10-14H2/b21-18+. The van der Waals surface area contributed by atoms with Crippen molar-refractivity contribution in [2.45, 2.75) is 6.54 Å². The van der Waals surface area contributed by atoms with Crippen molar-refractivity contribution in [3.63, 3.8) is 0 Å². The predicted octanol–water partition coefficient (Wildman–Crippen LogP) is 2.12. The lowest BCUT2D eigenvalue weighted by atomic mass is 10.2. The minimum Gasteiger partial charge on any atom is -0.425 e. The summed E-state index contributed by atoms with van der Waals surface area (Å²) in [6.45, 7) is 4.24. The molecule has 0 atom stereocenters. The number of amidine groups is 1. The number of hydrogen-bond acceptors (Lipinski definition) is 5. The highest BCUT2D eigenvalue weighted by atomic mass is 16.5. The SMILES string of the molecule is N#C/N=C(/Oc1ccccc1)N1CCN(Cc2ccncc2)CC1. The number of rotatable bonds is 3. The Kier molecular flexibility index (Phi) is 5.38. The molecule has 1 aliphatic rings. The van der Waals surface area contributed by atoms with Gasteiger partial charge in [0.2, 0.25) is 6.19 Å². The average Bonchev–Trinajstić information content (AvgIpc) is 2.64. The monoisotopic (exact) mass is 321 g/mol. The summed E-state index contributed by atoms with van der Waals surface area (Å²) in [6, 6.07) is 13.9. The normalized spacial score (nSPS) is 15.8. The maximum atomic E-state index is 8.93. The van der Waals surface area contributed by atoms with E-state index in [9.17, 15) is 0 Å². The van der Waals surface area contributed by atoms with E-state index in [0.717, 1.165) is 32.7 Å². The Morgan fingerprint density at radius 1 is 1.08 bits per heavy atom. The third-order valence-electron chi connectivity index (χ3n) is 3.90. The van der Waals surface area contributed by atoms with Crippen molar-refractivity contribution in [2.75, 3.05) is 26.2 Å². The van der Waals surface area contributed by atoms with E-state index in [1.807, 2.05) is 66.0 Å². The summed E-state index contributed by atoms with van der Waals surface area (Å²) >= 11 is 0. The number of nitriles is 1. The van der Waals surface area contributed by atoms with Gasteiger partial charge in [0.05, 0.1) is 0 Å². The predicted molar refractivity (Wildman–Crippen MR) is 91.2 cm³/mol. The Bertz CT molecular complexity index is 703. The molecule has 1 saturated heterocycles. The summed E-state index contributed by atoms with van der Waals surface area (Å²) < 4.78 is 5.77. The van der Waals surface area contributed by atoms with Gasteiger partial charge in [0.1, 0.15) is 5.75 Å². The Hall–Kier alpha value is -2.91. The molecule has 0 radical (unpaired) electrons. The zero-order chi connectivity index (χ0) is 16.6. The first-order chi connectivity index (χ1) is 11.8. The van der Waals surface area contributed by atoms with E-state index in [1.165, 1.54) is 5.56 Å². The van der Waals surface area contributed by atoms with Crippen LogP contribution >= 0.6 is 0 Å². The Labute approximate surface area is 141 Å². The van der Waals surface area contributed by atoms with Crippen LogP contribution in [-0.4, -0.2) is 47.0 Å². The molecule has 1 aromatic heterocycles. The van der Waals surface area contributed by atoms with Gasteiger partial charge in [-0.05, 0) is 29.8 Å². The molecule has 2 aromatic rings. The Balaban J connectivity index is 1.58. The molecule has 6 nitrogen and oxygen atoms in total. The summed E-state index contributed by atoms with van der Waals surface area (Å²) in [5.41, 5.74) is 1.25. The van der Waals surface area contributed by atoms with E-state index < -0.39 is 0 Å². The molecule has 0 unspecified atom stereocenters. The highest BCUT2D eigenvalue weighted by molar-refractivity contribution is 5.77. The van der Waals surface area contributed by atoms with Crippen LogP contribution in [0.2, 0.25) is 0 Å². The third-order valence-corrected chi connectivity index (χ3v) is 3.90. The van der Waals surface area contributed by atoms with Crippen LogP contribution in [0.3, 0.4) is 0 Å². The molecule has 0 amide bonds.